The predicted molar refractivity (Wildman–Crippen MR) is 54.8 cm³/mol. The molecular weight excluding hydrogens is 216 g/mol. The van der Waals surface area contributed by atoms with Crippen molar-refractivity contribution < 1.29 is 4.74 Å². The Hall–Kier alpha value is -1.38. The smallest absolute Gasteiger partial charge is 0.169 e. The SMILES string of the molecule is N#Cc1cc(N2CCOCC2)nnc1Cl. The summed E-state index contributed by atoms with van der Waals surface area (Å²) in [7, 11) is 0. The molecule has 0 aliphatic carbocycles. The molecule has 0 atom stereocenters. The second-order valence-corrected chi connectivity index (χ2v) is 3.48. The highest BCUT2D eigenvalue weighted by molar-refractivity contribution is 6.30. The molecule has 0 bridgehead atoms. The van der Waals surface area contributed by atoms with Gasteiger partial charge in [-0.2, -0.15) is 5.26 Å². The molecule has 78 valence electrons. The van der Waals surface area contributed by atoms with Gasteiger partial charge in [-0.25, -0.2) is 0 Å². The zero-order chi connectivity index (χ0) is 10.7. The number of ether oxygens (including phenoxy) is 1. The molecule has 6 heteroatoms. The van der Waals surface area contributed by atoms with Crippen LogP contribution in [-0.4, -0.2) is 36.5 Å². The zero-order valence-electron chi connectivity index (χ0n) is 7.98. The van der Waals surface area contributed by atoms with Crippen molar-refractivity contribution in [2.75, 3.05) is 31.2 Å². The van der Waals surface area contributed by atoms with Crippen LogP contribution < -0.4 is 4.90 Å². The van der Waals surface area contributed by atoms with Gasteiger partial charge < -0.3 is 9.64 Å². The summed E-state index contributed by atoms with van der Waals surface area (Å²) < 4.78 is 5.22. The summed E-state index contributed by atoms with van der Waals surface area (Å²) in [6.45, 7) is 2.88. The van der Waals surface area contributed by atoms with Crippen LogP contribution in [0, 0.1) is 11.3 Å². The van der Waals surface area contributed by atoms with Crippen LogP contribution in [0.25, 0.3) is 0 Å². The number of nitrogens with zero attached hydrogens (tertiary/aromatic N) is 4. The standard InChI is InChI=1S/C9H9ClN4O/c10-9-7(6-11)5-8(12-13-9)14-1-3-15-4-2-14/h5H,1-4H2. The summed E-state index contributed by atoms with van der Waals surface area (Å²) >= 11 is 5.70. The van der Waals surface area contributed by atoms with E-state index in [0.29, 0.717) is 24.6 Å². The van der Waals surface area contributed by atoms with E-state index in [9.17, 15) is 0 Å². The first-order chi connectivity index (χ1) is 7.31. The fourth-order valence-corrected chi connectivity index (χ4v) is 1.53. The zero-order valence-corrected chi connectivity index (χ0v) is 8.74. The van der Waals surface area contributed by atoms with Gasteiger partial charge in [0.1, 0.15) is 6.07 Å². The van der Waals surface area contributed by atoms with Gasteiger partial charge in [0.05, 0.1) is 18.8 Å². The quantitative estimate of drug-likeness (QED) is 0.707. The second-order valence-electron chi connectivity index (χ2n) is 3.12. The van der Waals surface area contributed by atoms with E-state index in [1.54, 1.807) is 6.07 Å². The summed E-state index contributed by atoms with van der Waals surface area (Å²) in [6, 6.07) is 3.64. The minimum Gasteiger partial charge on any atom is -0.378 e. The van der Waals surface area contributed by atoms with Crippen molar-refractivity contribution in [3.05, 3.63) is 16.8 Å². The Morgan fingerprint density at radius 2 is 2.13 bits per heavy atom. The summed E-state index contributed by atoms with van der Waals surface area (Å²) in [5, 5.41) is 16.6. The molecule has 0 spiro atoms. The number of rotatable bonds is 1. The van der Waals surface area contributed by atoms with Crippen LogP contribution in [-0.2, 0) is 4.74 Å². The molecule has 1 aromatic heterocycles. The van der Waals surface area contributed by atoms with Crippen LogP contribution in [0.15, 0.2) is 6.07 Å². The van der Waals surface area contributed by atoms with Crippen LogP contribution in [0.4, 0.5) is 5.82 Å². The maximum absolute atomic E-state index is 8.80. The molecule has 0 aromatic carbocycles. The van der Waals surface area contributed by atoms with Gasteiger partial charge in [-0.05, 0) is 0 Å². The highest BCUT2D eigenvalue weighted by Crippen LogP contribution is 2.17. The third kappa shape index (κ3) is 2.17. The van der Waals surface area contributed by atoms with Crippen molar-refractivity contribution in [1.29, 1.82) is 5.26 Å². The lowest BCUT2D eigenvalue weighted by Crippen LogP contribution is -2.36. The Morgan fingerprint density at radius 3 is 2.80 bits per heavy atom. The van der Waals surface area contributed by atoms with Crippen molar-refractivity contribution >= 4 is 17.4 Å². The van der Waals surface area contributed by atoms with Gasteiger partial charge in [-0.3, -0.25) is 0 Å². The molecule has 1 aromatic rings. The number of halogens is 1. The van der Waals surface area contributed by atoms with Gasteiger partial charge in [-0.1, -0.05) is 11.6 Å². The topological polar surface area (TPSA) is 62.0 Å². The first-order valence-corrected chi connectivity index (χ1v) is 4.95. The minimum atomic E-state index is 0.148. The molecule has 2 rings (SSSR count). The lowest BCUT2D eigenvalue weighted by molar-refractivity contribution is 0.122. The van der Waals surface area contributed by atoms with E-state index < -0.39 is 0 Å². The van der Waals surface area contributed by atoms with Crippen LogP contribution in [0.2, 0.25) is 5.15 Å². The molecule has 0 saturated carbocycles. The molecule has 1 aliphatic heterocycles. The lowest BCUT2D eigenvalue weighted by Gasteiger charge is -2.27. The normalized spacial score (nSPS) is 16.1. The van der Waals surface area contributed by atoms with Gasteiger partial charge in [0.2, 0.25) is 0 Å². The molecule has 0 N–H and O–H groups in total. The summed E-state index contributed by atoms with van der Waals surface area (Å²) in [5.74, 6) is 0.680. The van der Waals surface area contributed by atoms with Crippen LogP contribution >= 0.6 is 11.6 Å². The average Bonchev–Trinajstić information content (AvgIpc) is 2.31. The molecule has 1 saturated heterocycles. The van der Waals surface area contributed by atoms with Crippen molar-refractivity contribution in [2.24, 2.45) is 0 Å². The van der Waals surface area contributed by atoms with E-state index in [0.717, 1.165) is 13.1 Å². The van der Waals surface area contributed by atoms with Gasteiger partial charge in [0.15, 0.2) is 11.0 Å². The van der Waals surface area contributed by atoms with Gasteiger partial charge in [0.25, 0.3) is 0 Å². The third-order valence-corrected chi connectivity index (χ3v) is 2.47. The summed E-state index contributed by atoms with van der Waals surface area (Å²) in [4.78, 5) is 2.02. The third-order valence-electron chi connectivity index (χ3n) is 2.19. The Morgan fingerprint density at radius 1 is 1.40 bits per heavy atom. The number of anilines is 1. The number of aromatic nitrogens is 2. The van der Waals surface area contributed by atoms with Crippen LogP contribution in [0.5, 0.6) is 0 Å². The fraction of sp³-hybridized carbons (Fsp3) is 0.444. The van der Waals surface area contributed by atoms with Crippen LogP contribution in [0.3, 0.4) is 0 Å². The first kappa shape index (κ1) is 10.1. The van der Waals surface area contributed by atoms with Crippen molar-refractivity contribution in [2.45, 2.75) is 0 Å². The Labute approximate surface area is 92.2 Å². The first-order valence-electron chi connectivity index (χ1n) is 4.57. The van der Waals surface area contributed by atoms with E-state index in [1.807, 2.05) is 11.0 Å². The van der Waals surface area contributed by atoms with Gasteiger partial charge in [0, 0.05) is 19.2 Å². The predicted octanol–water partition coefficient (Wildman–Crippen LogP) is 0.838. The highest BCUT2D eigenvalue weighted by Gasteiger charge is 2.14. The molecule has 1 aliphatic rings. The van der Waals surface area contributed by atoms with E-state index in [1.165, 1.54) is 0 Å². The number of nitriles is 1. The Balaban J connectivity index is 2.25. The molecule has 2 heterocycles. The molecule has 15 heavy (non-hydrogen) atoms. The molecule has 5 nitrogen and oxygen atoms in total. The molecule has 0 radical (unpaired) electrons. The Bertz CT molecular complexity index is 398. The van der Waals surface area contributed by atoms with E-state index in [4.69, 9.17) is 21.6 Å². The van der Waals surface area contributed by atoms with Gasteiger partial charge >= 0.3 is 0 Å². The molecule has 1 fully saturated rings. The second kappa shape index (κ2) is 4.43. The van der Waals surface area contributed by atoms with Crippen molar-refractivity contribution in [3.8, 4) is 6.07 Å². The van der Waals surface area contributed by atoms with E-state index in [2.05, 4.69) is 10.2 Å². The van der Waals surface area contributed by atoms with Crippen molar-refractivity contribution in [3.63, 3.8) is 0 Å². The number of hydrogen-bond acceptors (Lipinski definition) is 5. The van der Waals surface area contributed by atoms with E-state index in [-0.39, 0.29) is 5.15 Å². The molecule has 0 amide bonds. The van der Waals surface area contributed by atoms with Crippen LogP contribution in [0.1, 0.15) is 5.56 Å². The maximum Gasteiger partial charge on any atom is 0.169 e. The van der Waals surface area contributed by atoms with E-state index >= 15 is 0 Å². The number of hydrogen-bond donors (Lipinski definition) is 0. The maximum atomic E-state index is 8.80. The van der Waals surface area contributed by atoms with Gasteiger partial charge in [-0.15, -0.1) is 10.2 Å². The molecular formula is C9H9ClN4O. The highest BCUT2D eigenvalue weighted by atomic mass is 35.5. The Kier molecular flexibility index (Phi) is 2.99. The molecule has 0 unspecified atom stereocenters. The monoisotopic (exact) mass is 224 g/mol. The summed E-state index contributed by atoms with van der Waals surface area (Å²) in [5.41, 5.74) is 0.355. The summed E-state index contributed by atoms with van der Waals surface area (Å²) in [6.07, 6.45) is 0. The number of morpholine rings is 1. The van der Waals surface area contributed by atoms with Crippen molar-refractivity contribution in [1.82, 2.24) is 10.2 Å². The lowest BCUT2D eigenvalue weighted by atomic mass is 10.3. The largest absolute Gasteiger partial charge is 0.378 e. The minimum absolute atomic E-state index is 0.148. The average molecular weight is 225 g/mol. The fourth-order valence-electron chi connectivity index (χ4n) is 1.39.